The summed E-state index contributed by atoms with van der Waals surface area (Å²) in [5.74, 6) is 0.962. The molecule has 2 atom stereocenters. The molecule has 0 aromatic heterocycles. The van der Waals surface area contributed by atoms with Crippen molar-refractivity contribution in [2.24, 2.45) is 11.8 Å². The highest BCUT2D eigenvalue weighted by Crippen LogP contribution is 2.26. The van der Waals surface area contributed by atoms with Crippen LogP contribution >= 0.6 is 11.6 Å². The molecule has 0 N–H and O–H groups in total. The SMILES string of the molecule is CCCC1CCCN(C(=O)C2CCCN(C(=O)c3ccc(Cl)cc3)C2)CC1. The number of carbonyl (C=O) groups is 2. The Labute approximate surface area is 167 Å². The number of nitrogens with zero attached hydrogens (tertiary/aromatic N) is 2. The molecule has 0 aliphatic carbocycles. The van der Waals surface area contributed by atoms with E-state index in [9.17, 15) is 9.59 Å². The average molecular weight is 391 g/mol. The van der Waals surface area contributed by atoms with Gasteiger partial charge in [0.1, 0.15) is 0 Å². The van der Waals surface area contributed by atoms with Gasteiger partial charge in [-0.15, -0.1) is 0 Å². The first-order valence-corrected chi connectivity index (χ1v) is 10.8. The van der Waals surface area contributed by atoms with Crippen molar-refractivity contribution in [1.82, 2.24) is 9.80 Å². The summed E-state index contributed by atoms with van der Waals surface area (Å²) in [5.41, 5.74) is 0.643. The van der Waals surface area contributed by atoms with Crippen LogP contribution in [0.1, 0.15) is 62.2 Å². The van der Waals surface area contributed by atoms with Gasteiger partial charge < -0.3 is 9.80 Å². The Bertz CT molecular complexity index is 646. The summed E-state index contributed by atoms with van der Waals surface area (Å²) in [6.45, 7) is 5.26. The van der Waals surface area contributed by atoms with Gasteiger partial charge in [0, 0.05) is 36.8 Å². The van der Waals surface area contributed by atoms with Crippen molar-refractivity contribution in [1.29, 1.82) is 0 Å². The number of hydrogen-bond donors (Lipinski definition) is 0. The van der Waals surface area contributed by atoms with Crippen LogP contribution in [0, 0.1) is 11.8 Å². The number of rotatable bonds is 4. The van der Waals surface area contributed by atoms with E-state index in [0.29, 0.717) is 17.1 Å². The van der Waals surface area contributed by atoms with Crippen molar-refractivity contribution < 1.29 is 9.59 Å². The van der Waals surface area contributed by atoms with Crippen molar-refractivity contribution in [2.45, 2.75) is 51.9 Å². The van der Waals surface area contributed by atoms with E-state index in [4.69, 9.17) is 11.6 Å². The normalized spacial score (nSPS) is 23.8. The quantitative estimate of drug-likeness (QED) is 0.752. The predicted octanol–water partition coefficient (Wildman–Crippen LogP) is 4.62. The Morgan fingerprint density at radius 2 is 1.70 bits per heavy atom. The van der Waals surface area contributed by atoms with Crippen LogP contribution < -0.4 is 0 Å². The second-order valence-corrected chi connectivity index (χ2v) is 8.44. The van der Waals surface area contributed by atoms with Crippen molar-refractivity contribution >= 4 is 23.4 Å². The largest absolute Gasteiger partial charge is 0.342 e. The monoisotopic (exact) mass is 390 g/mol. The van der Waals surface area contributed by atoms with Crippen molar-refractivity contribution in [3.63, 3.8) is 0 Å². The van der Waals surface area contributed by atoms with E-state index < -0.39 is 0 Å². The molecule has 27 heavy (non-hydrogen) atoms. The van der Waals surface area contributed by atoms with Crippen molar-refractivity contribution in [3.05, 3.63) is 34.9 Å². The maximum absolute atomic E-state index is 13.1. The lowest BCUT2D eigenvalue weighted by molar-refractivity contribution is -0.136. The number of carbonyl (C=O) groups excluding carboxylic acids is 2. The summed E-state index contributed by atoms with van der Waals surface area (Å²) in [5, 5.41) is 0.626. The topological polar surface area (TPSA) is 40.6 Å². The Kier molecular flexibility index (Phi) is 7.17. The van der Waals surface area contributed by atoms with Gasteiger partial charge in [-0.25, -0.2) is 0 Å². The standard InChI is InChI=1S/C22H31ClN2O2/c1-2-5-17-6-3-13-24(15-12-17)22(27)19-7-4-14-25(16-19)21(26)18-8-10-20(23)11-9-18/h8-11,17,19H,2-7,12-16H2,1H3. The van der Waals surface area contributed by atoms with Crippen LogP contribution in [-0.4, -0.2) is 47.8 Å². The molecule has 2 amide bonds. The first-order valence-electron chi connectivity index (χ1n) is 10.4. The van der Waals surface area contributed by atoms with E-state index in [-0.39, 0.29) is 17.7 Å². The number of piperidine rings is 1. The molecule has 5 heteroatoms. The van der Waals surface area contributed by atoms with Crippen molar-refractivity contribution in [3.8, 4) is 0 Å². The van der Waals surface area contributed by atoms with E-state index in [2.05, 4.69) is 11.8 Å². The van der Waals surface area contributed by atoms with E-state index >= 15 is 0 Å². The molecule has 1 aromatic rings. The number of halogens is 1. The molecule has 1 aromatic carbocycles. The third-order valence-corrected chi connectivity index (χ3v) is 6.26. The first-order chi connectivity index (χ1) is 13.1. The molecule has 2 fully saturated rings. The number of likely N-dealkylation sites (tertiary alicyclic amines) is 2. The minimum absolute atomic E-state index is 0.00282. The summed E-state index contributed by atoms with van der Waals surface area (Å²) >= 11 is 5.92. The second-order valence-electron chi connectivity index (χ2n) is 8.01. The molecular formula is C22H31ClN2O2. The van der Waals surface area contributed by atoms with Crippen LogP contribution in [0.3, 0.4) is 0 Å². The van der Waals surface area contributed by atoms with Gasteiger partial charge in [-0.2, -0.15) is 0 Å². The molecule has 2 aliphatic heterocycles. The second kappa shape index (κ2) is 9.59. The van der Waals surface area contributed by atoms with Crippen LogP contribution in [0.4, 0.5) is 0 Å². The van der Waals surface area contributed by atoms with E-state index in [0.717, 1.165) is 51.2 Å². The van der Waals surface area contributed by atoms with Crippen LogP contribution in [0.25, 0.3) is 0 Å². The van der Waals surface area contributed by atoms with Crippen molar-refractivity contribution in [2.75, 3.05) is 26.2 Å². The highest BCUT2D eigenvalue weighted by molar-refractivity contribution is 6.30. The lowest BCUT2D eigenvalue weighted by Crippen LogP contribution is -2.47. The third-order valence-electron chi connectivity index (χ3n) is 6.01. The lowest BCUT2D eigenvalue weighted by atomic mass is 9.95. The molecule has 4 nitrogen and oxygen atoms in total. The van der Waals surface area contributed by atoms with Crippen LogP contribution in [0.5, 0.6) is 0 Å². The molecule has 0 spiro atoms. The smallest absolute Gasteiger partial charge is 0.253 e. The molecule has 0 radical (unpaired) electrons. The van der Waals surface area contributed by atoms with Gasteiger partial charge in [0.15, 0.2) is 0 Å². The molecule has 0 saturated carbocycles. The fraction of sp³-hybridized carbons (Fsp3) is 0.636. The highest BCUT2D eigenvalue weighted by Gasteiger charge is 2.32. The molecular weight excluding hydrogens is 360 g/mol. The third kappa shape index (κ3) is 5.25. The molecule has 148 valence electrons. The fourth-order valence-electron chi connectivity index (χ4n) is 4.48. The summed E-state index contributed by atoms with van der Waals surface area (Å²) in [7, 11) is 0. The minimum Gasteiger partial charge on any atom is -0.342 e. The number of amides is 2. The van der Waals surface area contributed by atoms with Crippen LogP contribution in [0.15, 0.2) is 24.3 Å². The predicted molar refractivity (Wildman–Crippen MR) is 109 cm³/mol. The molecule has 3 rings (SSSR count). The summed E-state index contributed by atoms with van der Waals surface area (Å²) in [6.07, 6.45) is 7.75. The van der Waals surface area contributed by atoms with Gasteiger partial charge in [-0.3, -0.25) is 9.59 Å². The van der Waals surface area contributed by atoms with E-state index in [1.54, 1.807) is 24.3 Å². The molecule has 2 aliphatic rings. The average Bonchev–Trinajstić information content (AvgIpc) is 2.93. The van der Waals surface area contributed by atoms with Crippen LogP contribution in [0.2, 0.25) is 5.02 Å². The Hall–Kier alpha value is -1.55. The zero-order chi connectivity index (χ0) is 19.2. The van der Waals surface area contributed by atoms with Gasteiger partial charge in [0.2, 0.25) is 5.91 Å². The van der Waals surface area contributed by atoms with Gasteiger partial charge in [0.05, 0.1) is 5.92 Å². The zero-order valence-corrected chi connectivity index (χ0v) is 17.1. The van der Waals surface area contributed by atoms with Gasteiger partial charge >= 0.3 is 0 Å². The maximum atomic E-state index is 13.1. The van der Waals surface area contributed by atoms with Gasteiger partial charge in [-0.05, 0) is 62.3 Å². The maximum Gasteiger partial charge on any atom is 0.253 e. The Morgan fingerprint density at radius 1 is 1.00 bits per heavy atom. The zero-order valence-electron chi connectivity index (χ0n) is 16.3. The summed E-state index contributed by atoms with van der Waals surface area (Å²) in [4.78, 5) is 29.8. The lowest BCUT2D eigenvalue weighted by Gasteiger charge is -2.35. The highest BCUT2D eigenvalue weighted by atomic mass is 35.5. The van der Waals surface area contributed by atoms with E-state index in [1.807, 2.05) is 4.90 Å². The molecule has 2 saturated heterocycles. The van der Waals surface area contributed by atoms with E-state index in [1.165, 1.54) is 19.3 Å². The summed E-state index contributed by atoms with van der Waals surface area (Å²) < 4.78 is 0. The fourth-order valence-corrected chi connectivity index (χ4v) is 4.61. The van der Waals surface area contributed by atoms with Gasteiger partial charge in [0.25, 0.3) is 5.91 Å². The minimum atomic E-state index is -0.0577. The molecule has 0 bridgehead atoms. The van der Waals surface area contributed by atoms with Gasteiger partial charge in [-0.1, -0.05) is 31.4 Å². The number of benzene rings is 1. The number of hydrogen-bond acceptors (Lipinski definition) is 2. The molecule has 2 heterocycles. The summed E-state index contributed by atoms with van der Waals surface area (Å²) in [6, 6.07) is 7.01. The Balaban J connectivity index is 1.59. The molecule has 2 unspecified atom stereocenters. The first kappa shape index (κ1) is 20.2. The Morgan fingerprint density at radius 3 is 2.44 bits per heavy atom. The van der Waals surface area contributed by atoms with Crippen LogP contribution in [-0.2, 0) is 4.79 Å².